The number of nitrogens with two attached hydrogens (primary N) is 1. The van der Waals surface area contributed by atoms with Gasteiger partial charge in [-0.15, -0.1) is 12.4 Å². The van der Waals surface area contributed by atoms with Gasteiger partial charge in [0.1, 0.15) is 0 Å². The first-order chi connectivity index (χ1) is 5.73. The Labute approximate surface area is 86.9 Å². The van der Waals surface area contributed by atoms with Gasteiger partial charge in [0.25, 0.3) is 0 Å². The summed E-state index contributed by atoms with van der Waals surface area (Å²) in [5.74, 6) is 3.08. The summed E-state index contributed by atoms with van der Waals surface area (Å²) in [6.07, 6.45) is 9.98. The second-order valence-electron chi connectivity index (χ2n) is 5.61. The molecular weight excluding hydrogens is 182 g/mol. The zero-order chi connectivity index (χ0) is 8.18. The Morgan fingerprint density at radius 1 is 0.923 bits per heavy atom. The Morgan fingerprint density at radius 2 is 1.46 bits per heavy atom. The predicted molar refractivity (Wildman–Crippen MR) is 57.0 cm³/mol. The molecule has 0 heterocycles. The topological polar surface area (TPSA) is 26.0 Å². The van der Waals surface area contributed by atoms with Crippen molar-refractivity contribution in [1.29, 1.82) is 0 Å². The number of rotatable bonds is 0. The maximum absolute atomic E-state index is 6.42. The van der Waals surface area contributed by atoms with Gasteiger partial charge in [-0.05, 0) is 62.7 Å². The van der Waals surface area contributed by atoms with E-state index in [1.54, 1.807) is 0 Å². The van der Waals surface area contributed by atoms with Gasteiger partial charge in [-0.2, -0.15) is 0 Å². The van der Waals surface area contributed by atoms with Crippen molar-refractivity contribution in [2.75, 3.05) is 0 Å². The monoisotopic (exact) mass is 201 g/mol. The summed E-state index contributed by atoms with van der Waals surface area (Å²) in [4.78, 5) is 0. The number of hydrogen-bond acceptors (Lipinski definition) is 1. The summed E-state index contributed by atoms with van der Waals surface area (Å²) >= 11 is 0. The maximum Gasteiger partial charge on any atom is 0.0159 e. The highest BCUT2D eigenvalue weighted by Gasteiger charge is 2.45. The van der Waals surface area contributed by atoms with Gasteiger partial charge in [-0.3, -0.25) is 0 Å². The van der Waals surface area contributed by atoms with Crippen molar-refractivity contribution in [2.45, 2.75) is 50.5 Å². The van der Waals surface area contributed by atoms with Gasteiger partial charge in [-0.1, -0.05) is 0 Å². The Morgan fingerprint density at radius 3 is 2.08 bits per heavy atom. The third kappa shape index (κ3) is 1.61. The lowest BCUT2D eigenvalue weighted by molar-refractivity contribution is 0.117. The molecule has 0 spiro atoms. The van der Waals surface area contributed by atoms with Crippen LogP contribution < -0.4 is 5.73 Å². The average Bonchev–Trinajstić information content (AvgIpc) is 2.14. The van der Waals surface area contributed by atoms with Crippen LogP contribution in [-0.2, 0) is 0 Å². The SMILES string of the molecule is Cl.NC12CCC3C[C@H](C[C@H](C3)C1)C2. The van der Waals surface area contributed by atoms with Gasteiger partial charge in [0.05, 0.1) is 0 Å². The van der Waals surface area contributed by atoms with Crippen molar-refractivity contribution < 1.29 is 0 Å². The standard InChI is InChI=1S/C11H19N.ClH/c12-11-2-1-8-3-9(6-11)5-10(4-8)7-11;/h8-10H,1-7,12H2;1H/t8?,9-,10+,11?;. The Hall–Kier alpha value is 0.250. The van der Waals surface area contributed by atoms with Crippen molar-refractivity contribution in [3.8, 4) is 0 Å². The van der Waals surface area contributed by atoms with E-state index in [1.165, 1.54) is 44.9 Å². The smallest absolute Gasteiger partial charge is 0.0159 e. The minimum atomic E-state index is 0. The molecule has 0 radical (unpaired) electrons. The van der Waals surface area contributed by atoms with Gasteiger partial charge in [-0.25, -0.2) is 0 Å². The summed E-state index contributed by atoms with van der Waals surface area (Å²) in [7, 11) is 0. The van der Waals surface area contributed by atoms with Crippen molar-refractivity contribution >= 4 is 12.4 Å². The lowest BCUT2D eigenvalue weighted by atomic mass is 9.65. The third-order valence-corrected chi connectivity index (χ3v) is 4.44. The van der Waals surface area contributed by atoms with E-state index >= 15 is 0 Å². The van der Waals surface area contributed by atoms with Crippen molar-refractivity contribution in [2.24, 2.45) is 23.5 Å². The molecule has 13 heavy (non-hydrogen) atoms. The van der Waals surface area contributed by atoms with E-state index in [0.29, 0.717) is 0 Å². The van der Waals surface area contributed by atoms with E-state index in [-0.39, 0.29) is 17.9 Å². The second-order valence-corrected chi connectivity index (χ2v) is 5.61. The molecule has 0 saturated heterocycles. The van der Waals surface area contributed by atoms with E-state index in [0.717, 1.165) is 17.8 Å². The van der Waals surface area contributed by atoms with Gasteiger partial charge in [0, 0.05) is 5.54 Å². The summed E-state index contributed by atoms with van der Waals surface area (Å²) in [5, 5.41) is 0. The zero-order valence-corrected chi connectivity index (χ0v) is 8.98. The fraction of sp³-hybridized carbons (Fsp3) is 1.00. The highest BCUT2D eigenvalue weighted by Crippen LogP contribution is 2.51. The largest absolute Gasteiger partial charge is 0.325 e. The quantitative estimate of drug-likeness (QED) is 0.641. The minimum Gasteiger partial charge on any atom is -0.325 e. The molecular formula is C11H20ClN. The third-order valence-electron chi connectivity index (χ3n) is 4.44. The van der Waals surface area contributed by atoms with Gasteiger partial charge in [0.15, 0.2) is 0 Å². The molecule has 0 aromatic carbocycles. The summed E-state index contributed by atoms with van der Waals surface area (Å²) in [6, 6.07) is 0. The maximum atomic E-state index is 6.42. The molecule has 76 valence electrons. The number of fused-ring (bicyclic) bond motifs is 1. The van der Waals surface area contributed by atoms with Crippen LogP contribution in [0.5, 0.6) is 0 Å². The number of halogens is 1. The second kappa shape index (κ2) is 3.13. The molecule has 4 aliphatic carbocycles. The average molecular weight is 202 g/mol. The van der Waals surface area contributed by atoms with Crippen LogP contribution in [0.3, 0.4) is 0 Å². The summed E-state index contributed by atoms with van der Waals surface area (Å²) in [6.45, 7) is 0. The first kappa shape index (κ1) is 9.79. The normalized spacial score (nSPS) is 52.8. The Bertz CT molecular complexity index is 190. The van der Waals surface area contributed by atoms with Crippen molar-refractivity contribution in [3.63, 3.8) is 0 Å². The lowest BCUT2D eigenvalue weighted by Crippen LogP contribution is -2.46. The molecule has 1 nitrogen and oxygen atoms in total. The van der Waals surface area contributed by atoms with E-state index < -0.39 is 0 Å². The van der Waals surface area contributed by atoms with Crippen molar-refractivity contribution in [3.05, 3.63) is 0 Å². The molecule has 4 bridgehead atoms. The molecule has 4 atom stereocenters. The van der Waals surface area contributed by atoms with Crippen LogP contribution in [0.25, 0.3) is 0 Å². The molecule has 4 saturated carbocycles. The highest BCUT2D eigenvalue weighted by atomic mass is 35.5. The first-order valence-corrected chi connectivity index (χ1v) is 5.52. The molecule has 0 aliphatic heterocycles. The highest BCUT2D eigenvalue weighted by molar-refractivity contribution is 5.85. The van der Waals surface area contributed by atoms with Crippen LogP contribution in [0.15, 0.2) is 0 Å². The van der Waals surface area contributed by atoms with E-state index in [1.807, 2.05) is 0 Å². The molecule has 0 amide bonds. The predicted octanol–water partition coefficient (Wildman–Crippen LogP) is 2.73. The van der Waals surface area contributed by atoms with Gasteiger partial charge in [0.2, 0.25) is 0 Å². The molecule has 4 aliphatic rings. The van der Waals surface area contributed by atoms with E-state index in [9.17, 15) is 0 Å². The Kier molecular flexibility index (Phi) is 2.36. The van der Waals surface area contributed by atoms with Crippen LogP contribution in [-0.4, -0.2) is 5.54 Å². The molecule has 0 aromatic heterocycles. The fourth-order valence-corrected chi connectivity index (χ4v) is 4.20. The Balaban J connectivity index is 0.000000653. The van der Waals surface area contributed by atoms with Crippen LogP contribution in [0.1, 0.15) is 44.9 Å². The minimum absolute atomic E-state index is 0. The van der Waals surface area contributed by atoms with E-state index in [4.69, 9.17) is 5.73 Å². The van der Waals surface area contributed by atoms with Crippen LogP contribution in [0, 0.1) is 17.8 Å². The molecule has 0 aromatic rings. The zero-order valence-electron chi connectivity index (χ0n) is 8.17. The summed E-state index contributed by atoms with van der Waals surface area (Å²) < 4.78 is 0. The lowest BCUT2D eigenvalue weighted by Gasteiger charge is -2.43. The molecule has 4 fully saturated rings. The van der Waals surface area contributed by atoms with E-state index in [2.05, 4.69) is 0 Å². The molecule has 4 rings (SSSR count). The van der Waals surface area contributed by atoms with Crippen LogP contribution in [0.4, 0.5) is 0 Å². The van der Waals surface area contributed by atoms with Gasteiger partial charge >= 0.3 is 0 Å². The van der Waals surface area contributed by atoms with Crippen LogP contribution in [0.2, 0.25) is 0 Å². The first-order valence-electron chi connectivity index (χ1n) is 5.52. The molecule has 2 N–H and O–H groups in total. The van der Waals surface area contributed by atoms with Crippen molar-refractivity contribution in [1.82, 2.24) is 0 Å². The fourth-order valence-electron chi connectivity index (χ4n) is 4.20. The summed E-state index contributed by atoms with van der Waals surface area (Å²) in [5.41, 5.74) is 6.69. The number of hydrogen-bond donors (Lipinski definition) is 1. The van der Waals surface area contributed by atoms with Gasteiger partial charge < -0.3 is 5.73 Å². The van der Waals surface area contributed by atoms with Crippen LogP contribution >= 0.6 is 12.4 Å². The molecule has 2 unspecified atom stereocenters. The molecule has 2 heteroatoms.